The first-order valence-electron chi connectivity index (χ1n) is 7.39. The maximum Gasteiger partial charge on any atom is 0.268 e. The van der Waals surface area contributed by atoms with Gasteiger partial charge in [-0.05, 0) is 56.0 Å². The van der Waals surface area contributed by atoms with Gasteiger partial charge >= 0.3 is 0 Å². The number of hydrogen-bond donors (Lipinski definition) is 2. The Kier molecular flexibility index (Phi) is 5.96. The lowest BCUT2D eigenvalue weighted by atomic mass is 10.1. The first kappa shape index (κ1) is 18.4. The van der Waals surface area contributed by atoms with Crippen LogP contribution in [0.25, 0.3) is 6.08 Å². The molecule has 0 atom stereocenters. The largest absolute Gasteiger partial charge is 0.346 e. The molecule has 0 unspecified atom stereocenters. The van der Waals surface area contributed by atoms with Gasteiger partial charge in [-0.25, -0.2) is 0 Å². The second-order valence-corrected chi connectivity index (χ2v) is 8.11. The summed E-state index contributed by atoms with van der Waals surface area (Å²) < 4.78 is 0.947. The highest BCUT2D eigenvalue weighted by molar-refractivity contribution is 9.10. The first-order valence-corrected chi connectivity index (χ1v) is 9.06. The van der Waals surface area contributed by atoms with Crippen LogP contribution in [0.2, 0.25) is 0 Å². The fourth-order valence-corrected chi connectivity index (χ4v) is 2.77. The summed E-state index contributed by atoms with van der Waals surface area (Å²) in [5.74, 6) is -0.618. The van der Waals surface area contributed by atoms with Gasteiger partial charge in [-0.1, -0.05) is 34.1 Å². The van der Waals surface area contributed by atoms with Crippen LogP contribution in [0.1, 0.15) is 36.0 Å². The number of rotatable bonds is 4. The Morgan fingerprint density at radius 1 is 1.12 bits per heavy atom. The van der Waals surface area contributed by atoms with Gasteiger partial charge in [0.2, 0.25) is 0 Å². The Hall–Kier alpha value is -1.92. The van der Waals surface area contributed by atoms with Gasteiger partial charge in [0, 0.05) is 10.0 Å². The summed E-state index contributed by atoms with van der Waals surface area (Å²) in [7, 11) is 0. The number of hydrogen-bond acceptors (Lipinski definition) is 3. The Morgan fingerprint density at radius 2 is 1.79 bits per heavy atom. The van der Waals surface area contributed by atoms with Crippen molar-refractivity contribution in [1.82, 2.24) is 10.6 Å². The topological polar surface area (TPSA) is 58.2 Å². The molecule has 1 heterocycles. The van der Waals surface area contributed by atoms with Crippen molar-refractivity contribution in [1.29, 1.82) is 0 Å². The average Bonchev–Trinajstić information content (AvgIpc) is 3.01. The van der Waals surface area contributed by atoms with Crippen molar-refractivity contribution in [2.75, 3.05) is 0 Å². The Morgan fingerprint density at radius 3 is 2.33 bits per heavy atom. The molecule has 6 heteroatoms. The number of amides is 2. The smallest absolute Gasteiger partial charge is 0.268 e. The maximum absolute atomic E-state index is 12.5. The number of halogens is 1. The van der Waals surface area contributed by atoms with Crippen molar-refractivity contribution >= 4 is 45.2 Å². The number of carbonyl (C=O) groups excluding carboxylic acids is 2. The average molecular weight is 407 g/mol. The highest BCUT2D eigenvalue weighted by Crippen LogP contribution is 2.14. The van der Waals surface area contributed by atoms with Gasteiger partial charge in [0.1, 0.15) is 5.70 Å². The monoisotopic (exact) mass is 406 g/mol. The van der Waals surface area contributed by atoms with E-state index < -0.39 is 5.54 Å². The van der Waals surface area contributed by atoms with Crippen molar-refractivity contribution in [3.63, 3.8) is 0 Å². The number of thiophene rings is 1. The molecule has 0 saturated heterocycles. The molecule has 2 N–H and O–H groups in total. The molecule has 0 bridgehead atoms. The van der Waals surface area contributed by atoms with Gasteiger partial charge < -0.3 is 10.6 Å². The molecule has 0 spiro atoms. The summed E-state index contributed by atoms with van der Waals surface area (Å²) in [4.78, 5) is 25.4. The third-order valence-corrected chi connectivity index (χ3v) is 4.30. The van der Waals surface area contributed by atoms with Gasteiger partial charge in [-0.15, -0.1) is 11.3 Å². The van der Waals surface area contributed by atoms with E-state index in [-0.39, 0.29) is 17.5 Å². The molecule has 2 rings (SSSR count). The lowest BCUT2D eigenvalue weighted by molar-refractivity contribution is -0.119. The third kappa shape index (κ3) is 5.62. The highest BCUT2D eigenvalue weighted by atomic mass is 79.9. The molecule has 0 aliphatic rings. The normalized spacial score (nSPS) is 11.9. The molecule has 0 radical (unpaired) electrons. The molecule has 4 nitrogen and oxygen atoms in total. The Balaban J connectivity index is 2.28. The summed E-state index contributed by atoms with van der Waals surface area (Å²) in [5.41, 5.74) is 0.637. The van der Waals surface area contributed by atoms with Crippen molar-refractivity contribution < 1.29 is 9.59 Å². The van der Waals surface area contributed by atoms with Crippen LogP contribution in [0.5, 0.6) is 0 Å². The SMILES string of the molecule is CC(C)(C)NC(=O)/C(=C\c1ccc(Br)cc1)NC(=O)c1cccs1. The van der Waals surface area contributed by atoms with E-state index in [4.69, 9.17) is 0 Å². The van der Waals surface area contributed by atoms with Crippen LogP contribution in [0.15, 0.2) is 51.9 Å². The lowest BCUT2D eigenvalue weighted by Gasteiger charge is -2.21. The van der Waals surface area contributed by atoms with Crippen molar-refractivity contribution in [3.05, 3.63) is 62.4 Å². The minimum Gasteiger partial charge on any atom is -0.346 e. The Labute approximate surface area is 154 Å². The van der Waals surface area contributed by atoms with E-state index in [1.54, 1.807) is 18.2 Å². The number of nitrogens with one attached hydrogen (secondary N) is 2. The van der Waals surface area contributed by atoms with E-state index in [0.29, 0.717) is 4.88 Å². The molecular formula is C18H19BrN2O2S. The van der Waals surface area contributed by atoms with Gasteiger partial charge in [0.05, 0.1) is 4.88 Å². The fraction of sp³-hybridized carbons (Fsp3) is 0.222. The summed E-state index contributed by atoms with van der Waals surface area (Å²) in [6, 6.07) is 11.0. The molecule has 0 saturated carbocycles. The number of benzene rings is 1. The van der Waals surface area contributed by atoms with Crippen LogP contribution in [-0.2, 0) is 4.79 Å². The van der Waals surface area contributed by atoms with Gasteiger partial charge in [0.25, 0.3) is 11.8 Å². The maximum atomic E-state index is 12.5. The minimum atomic E-state index is -0.399. The molecule has 0 aliphatic carbocycles. The van der Waals surface area contributed by atoms with Crippen molar-refractivity contribution in [2.24, 2.45) is 0 Å². The zero-order chi connectivity index (χ0) is 17.7. The summed E-state index contributed by atoms with van der Waals surface area (Å²) >= 11 is 4.71. The minimum absolute atomic E-state index is 0.214. The van der Waals surface area contributed by atoms with Gasteiger partial charge in [-0.2, -0.15) is 0 Å². The van der Waals surface area contributed by atoms with E-state index in [2.05, 4.69) is 26.6 Å². The quantitative estimate of drug-likeness (QED) is 0.747. The van der Waals surface area contributed by atoms with E-state index in [1.165, 1.54) is 11.3 Å². The molecule has 2 amide bonds. The Bertz CT molecular complexity index is 744. The zero-order valence-electron chi connectivity index (χ0n) is 13.7. The van der Waals surface area contributed by atoms with Crippen LogP contribution in [0, 0.1) is 0 Å². The number of carbonyl (C=O) groups is 2. The van der Waals surface area contributed by atoms with E-state index in [1.807, 2.05) is 50.4 Å². The predicted molar refractivity (Wildman–Crippen MR) is 102 cm³/mol. The van der Waals surface area contributed by atoms with Gasteiger partial charge in [-0.3, -0.25) is 9.59 Å². The molecular weight excluding hydrogens is 388 g/mol. The lowest BCUT2D eigenvalue weighted by Crippen LogP contribution is -2.44. The first-order chi connectivity index (χ1) is 11.2. The summed E-state index contributed by atoms with van der Waals surface area (Å²) in [6.45, 7) is 5.68. The van der Waals surface area contributed by atoms with Crippen LogP contribution in [-0.4, -0.2) is 17.4 Å². The van der Waals surface area contributed by atoms with E-state index in [0.717, 1.165) is 10.0 Å². The van der Waals surface area contributed by atoms with Crippen molar-refractivity contribution in [2.45, 2.75) is 26.3 Å². The van der Waals surface area contributed by atoms with Gasteiger partial charge in [0.15, 0.2) is 0 Å². The van der Waals surface area contributed by atoms with Crippen molar-refractivity contribution in [3.8, 4) is 0 Å². The molecule has 24 heavy (non-hydrogen) atoms. The summed E-state index contributed by atoms with van der Waals surface area (Å²) in [5, 5.41) is 7.41. The molecule has 2 aromatic rings. The zero-order valence-corrected chi connectivity index (χ0v) is 16.1. The second-order valence-electron chi connectivity index (χ2n) is 6.25. The molecule has 0 fully saturated rings. The van der Waals surface area contributed by atoms with Crippen LogP contribution in [0.3, 0.4) is 0 Å². The van der Waals surface area contributed by atoms with E-state index in [9.17, 15) is 9.59 Å². The molecule has 126 valence electrons. The fourth-order valence-electron chi connectivity index (χ4n) is 1.88. The van der Waals surface area contributed by atoms with Crippen LogP contribution < -0.4 is 10.6 Å². The summed E-state index contributed by atoms with van der Waals surface area (Å²) in [6.07, 6.45) is 1.67. The molecule has 1 aromatic heterocycles. The molecule has 1 aromatic carbocycles. The standard InChI is InChI=1S/C18H19BrN2O2S/c1-18(2,3)21-16(22)14(11-12-6-8-13(19)9-7-12)20-17(23)15-5-4-10-24-15/h4-11H,1-3H3,(H,20,23)(H,21,22)/b14-11+. The predicted octanol–water partition coefficient (Wildman–Crippen LogP) is 4.20. The second kappa shape index (κ2) is 7.77. The van der Waals surface area contributed by atoms with Crippen LogP contribution >= 0.6 is 27.3 Å². The highest BCUT2D eigenvalue weighted by Gasteiger charge is 2.20. The molecule has 0 aliphatic heterocycles. The third-order valence-electron chi connectivity index (χ3n) is 2.91. The van der Waals surface area contributed by atoms with E-state index >= 15 is 0 Å². The van der Waals surface area contributed by atoms with Crippen LogP contribution in [0.4, 0.5) is 0 Å².